The lowest BCUT2D eigenvalue weighted by Crippen LogP contribution is -2.03. The molecule has 2 aromatic heterocycles. The Hall–Kier alpha value is -3.44. The van der Waals surface area contributed by atoms with Gasteiger partial charge < -0.3 is 10.1 Å². The van der Waals surface area contributed by atoms with E-state index in [2.05, 4.69) is 26.5 Å². The Bertz CT molecular complexity index is 1010. The Labute approximate surface area is 160 Å². The number of anilines is 2. The number of aryl methyl sites for hydroxylation is 1. The molecule has 0 aliphatic carbocycles. The van der Waals surface area contributed by atoms with E-state index >= 15 is 0 Å². The number of nitrogens with zero attached hydrogens (tertiary/aromatic N) is 5. The molecule has 0 fully saturated rings. The number of nitriles is 1. The van der Waals surface area contributed by atoms with Crippen molar-refractivity contribution in [3.63, 3.8) is 0 Å². The second-order valence-corrected chi connectivity index (χ2v) is 5.89. The lowest BCUT2D eigenvalue weighted by molar-refractivity contribution is 0.0601. The molecule has 0 aliphatic heterocycles. The molecule has 0 spiro atoms. The summed E-state index contributed by atoms with van der Waals surface area (Å²) in [6.07, 6.45) is 5.26. The van der Waals surface area contributed by atoms with Gasteiger partial charge in [-0.1, -0.05) is 17.7 Å². The monoisotopic (exact) mass is 382 g/mol. The van der Waals surface area contributed by atoms with Crippen molar-refractivity contribution >= 4 is 29.2 Å². The van der Waals surface area contributed by atoms with Crippen LogP contribution in [-0.4, -0.2) is 32.8 Å². The standard InChI is InChI=1S/C18H15ClN6O2/c1-27-17(26)12-4-2-5-14(8-12)23-18-21-10-15(19)16(24-18)13-9-22-25(11-13)7-3-6-20/h2,4-5,8-11H,3,7H2,1H3,(H,21,23,24). The molecule has 1 aromatic carbocycles. The number of benzene rings is 1. The minimum Gasteiger partial charge on any atom is -0.465 e. The number of carbonyl (C=O) groups is 1. The third-order valence-corrected chi connectivity index (χ3v) is 3.92. The van der Waals surface area contributed by atoms with Gasteiger partial charge in [-0.15, -0.1) is 0 Å². The normalized spacial score (nSPS) is 10.3. The smallest absolute Gasteiger partial charge is 0.337 e. The molecule has 9 heteroatoms. The zero-order valence-electron chi connectivity index (χ0n) is 14.4. The molecule has 0 atom stereocenters. The van der Waals surface area contributed by atoms with Gasteiger partial charge in [0.15, 0.2) is 0 Å². The average molecular weight is 383 g/mol. The number of rotatable bonds is 6. The van der Waals surface area contributed by atoms with Crippen LogP contribution in [-0.2, 0) is 11.3 Å². The molecule has 0 unspecified atom stereocenters. The van der Waals surface area contributed by atoms with Crippen LogP contribution < -0.4 is 5.32 Å². The van der Waals surface area contributed by atoms with Crippen molar-refractivity contribution in [3.05, 3.63) is 53.4 Å². The van der Waals surface area contributed by atoms with Crippen LogP contribution in [0.1, 0.15) is 16.8 Å². The lowest BCUT2D eigenvalue weighted by atomic mass is 10.2. The molecule has 0 saturated heterocycles. The van der Waals surface area contributed by atoms with Crippen molar-refractivity contribution in [2.24, 2.45) is 0 Å². The van der Waals surface area contributed by atoms with Crippen molar-refractivity contribution < 1.29 is 9.53 Å². The summed E-state index contributed by atoms with van der Waals surface area (Å²) >= 11 is 6.23. The van der Waals surface area contributed by atoms with Gasteiger partial charge in [-0.3, -0.25) is 4.68 Å². The Balaban J connectivity index is 1.84. The fourth-order valence-electron chi connectivity index (χ4n) is 2.37. The van der Waals surface area contributed by atoms with Gasteiger partial charge in [0.2, 0.25) is 5.95 Å². The van der Waals surface area contributed by atoms with E-state index in [-0.39, 0.29) is 0 Å². The van der Waals surface area contributed by atoms with Crippen LogP contribution in [0, 0.1) is 11.3 Å². The molecule has 27 heavy (non-hydrogen) atoms. The number of nitrogens with one attached hydrogen (secondary N) is 1. The summed E-state index contributed by atoms with van der Waals surface area (Å²) in [7, 11) is 1.33. The predicted octanol–water partition coefficient (Wildman–Crippen LogP) is 3.44. The zero-order chi connectivity index (χ0) is 19.2. The fourth-order valence-corrected chi connectivity index (χ4v) is 2.57. The Kier molecular flexibility index (Phi) is 5.64. The highest BCUT2D eigenvalue weighted by Gasteiger charge is 2.12. The first-order valence-electron chi connectivity index (χ1n) is 7.98. The van der Waals surface area contributed by atoms with Gasteiger partial charge >= 0.3 is 5.97 Å². The third-order valence-electron chi connectivity index (χ3n) is 3.64. The number of hydrogen-bond acceptors (Lipinski definition) is 7. The predicted molar refractivity (Wildman–Crippen MR) is 99.6 cm³/mol. The molecule has 0 amide bonds. The number of aromatic nitrogens is 4. The van der Waals surface area contributed by atoms with E-state index in [4.69, 9.17) is 21.6 Å². The number of hydrogen-bond donors (Lipinski definition) is 1. The molecule has 0 radical (unpaired) electrons. The van der Waals surface area contributed by atoms with E-state index in [1.165, 1.54) is 13.3 Å². The summed E-state index contributed by atoms with van der Waals surface area (Å²) in [4.78, 5) is 20.3. The third kappa shape index (κ3) is 4.40. The minimum absolute atomic E-state index is 0.321. The Morgan fingerprint density at radius 3 is 3.04 bits per heavy atom. The topological polar surface area (TPSA) is 106 Å². The minimum atomic E-state index is -0.429. The van der Waals surface area contributed by atoms with Crippen LogP contribution in [0.3, 0.4) is 0 Å². The van der Waals surface area contributed by atoms with Gasteiger partial charge in [0.25, 0.3) is 0 Å². The van der Waals surface area contributed by atoms with Gasteiger partial charge in [-0.05, 0) is 18.2 Å². The van der Waals surface area contributed by atoms with Crippen molar-refractivity contribution in [2.45, 2.75) is 13.0 Å². The lowest BCUT2D eigenvalue weighted by Gasteiger charge is -2.08. The maximum Gasteiger partial charge on any atom is 0.337 e. The number of esters is 1. The molecular formula is C18H15ClN6O2. The van der Waals surface area contributed by atoms with Crippen LogP contribution in [0.25, 0.3) is 11.3 Å². The molecule has 0 aliphatic rings. The second kappa shape index (κ2) is 8.29. The summed E-state index contributed by atoms with van der Waals surface area (Å²) in [5.41, 5.74) is 2.28. The summed E-state index contributed by atoms with van der Waals surface area (Å²) in [6.45, 7) is 0.491. The first-order chi connectivity index (χ1) is 13.1. The van der Waals surface area contributed by atoms with Crippen molar-refractivity contribution in [1.29, 1.82) is 5.26 Å². The second-order valence-electron chi connectivity index (χ2n) is 5.49. The van der Waals surface area contributed by atoms with Crippen molar-refractivity contribution in [1.82, 2.24) is 19.7 Å². The highest BCUT2D eigenvalue weighted by atomic mass is 35.5. The van der Waals surface area contributed by atoms with E-state index in [1.54, 1.807) is 41.3 Å². The average Bonchev–Trinajstić information content (AvgIpc) is 3.16. The maximum atomic E-state index is 11.7. The number of methoxy groups -OCH3 is 1. The summed E-state index contributed by atoms with van der Waals surface area (Å²) < 4.78 is 6.38. The van der Waals surface area contributed by atoms with E-state index < -0.39 is 5.97 Å². The highest BCUT2D eigenvalue weighted by molar-refractivity contribution is 6.32. The van der Waals surface area contributed by atoms with E-state index in [0.29, 0.717) is 46.4 Å². The van der Waals surface area contributed by atoms with E-state index in [1.807, 2.05) is 0 Å². The quantitative estimate of drug-likeness (QED) is 0.651. The number of ether oxygens (including phenoxy) is 1. The van der Waals surface area contributed by atoms with Crippen LogP contribution in [0.2, 0.25) is 5.02 Å². The summed E-state index contributed by atoms with van der Waals surface area (Å²) in [5, 5.41) is 16.3. The first-order valence-corrected chi connectivity index (χ1v) is 8.36. The molecule has 1 N–H and O–H groups in total. The largest absolute Gasteiger partial charge is 0.465 e. The van der Waals surface area contributed by atoms with Crippen LogP contribution in [0.5, 0.6) is 0 Å². The summed E-state index contributed by atoms with van der Waals surface area (Å²) in [5.74, 6) is -0.109. The van der Waals surface area contributed by atoms with Gasteiger partial charge in [0.1, 0.15) is 0 Å². The zero-order valence-corrected chi connectivity index (χ0v) is 15.1. The van der Waals surface area contributed by atoms with Crippen molar-refractivity contribution in [3.8, 4) is 17.3 Å². The molecule has 0 bridgehead atoms. The van der Waals surface area contributed by atoms with Crippen LogP contribution in [0.4, 0.5) is 11.6 Å². The SMILES string of the molecule is COC(=O)c1cccc(Nc2ncc(Cl)c(-c3cnn(CCC#N)c3)n2)c1. The van der Waals surface area contributed by atoms with Crippen LogP contribution in [0.15, 0.2) is 42.9 Å². The maximum absolute atomic E-state index is 11.7. The molecule has 3 rings (SSSR count). The van der Waals surface area contributed by atoms with E-state index in [0.717, 1.165) is 0 Å². The summed E-state index contributed by atoms with van der Waals surface area (Å²) in [6, 6.07) is 8.88. The molecule has 0 saturated carbocycles. The van der Waals surface area contributed by atoms with Gasteiger partial charge in [0, 0.05) is 17.4 Å². The molecule has 2 heterocycles. The molecular weight excluding hydrogens is 368 g/mol. The molecule has 3 aromatic rings. The van der Waals surface area contributed by atoms with Gasteiger partial charge in [-0.25, -0.2) is 14.8 Å². The Morgan fingerprint density at radius 2 is 2.26 bits per heavy atom. The molecule has 136 valence electrons. The van der Waals surface area contributed by atoms with E-state index in [9.17, 15) is 4.79 Å². The van der Waals surface area contributed by atoms with Gasteiger partial charge in [0.05, 0.1) is 54.8 Å². The number of carbonyl (C=O) groups excluding carboxylic acids is 1. The van der Waals surface area contributed by atoms with Gasteiger partial charge in [-0.2, -0.15) is 10.4 Å². The fraction of sp³-hybridized carbons (Fsp3) is 0.167. The van der Waals surface area contributed by atoms with Crippen molar-refractivity contribution in [2.75, 3.05) is 12.4 Å². The number of halogens is 1. The first kappa shape index (κ1) is 18.4. The molecule has 8 nitrogen and oxygen atoms in total. The highest BCUT2D eigenvalue weighted by Crippen LogP contribution is 2.27. The van der Waals surface area contributed by atoms with Crippen LogP contribution >= 0.6 is 11.6 Å². The Morgan fingerprint density at radius 1 is 1.41 bits per heavy atom.